The van der Waals surface area contributed by atoms with Crippen LogP contribution in [0.15, 0.2) is 0 Å². The summed E-state index contributed by atoms with van der Waals surface area (Å²) in [6, 6.07) is 0. The lowest BCUT2D eigenvalue weighted by molar-refractivity contribution is -0.161. The number of carbonyl (C=O) groups is 4. The third-order valence-electron chi connectivity index (χ3n) is 18.6. The van der Waals surface area contributed by atoms with Crippen molar-refractivity contribution in [3.8, 4) is 0 Å². The van der Waals surface area contributed by atoms with Crippen LogP contribution in [0.2, 0.25) is 0 Å². The zero-order valence-electron chi connectivity index (χ0n) is 63.8. The number of carbonyl (C=O) groups excluding carboxylic acids is 4. The monoisotopic (exact) mass is 1440 g/mol. The predicted octanol–water partition coefficient (Wildman–Crippen LogP) is 23.8. The maximum absolute atomic E-state index is 13.1. The highest BCUT2D eigenvalue weighted by molar-refractivity contribution is 7.47. The molecular formula is C79H154O17P2. The molecule has 2 unspecified atom stereocenters. The summed E-state index contributed by atoms with van der Waals surface area (Å²) in [5, 5.41) is 10.6. The summed E-state index contributed by atoms with van der Waals surface area (Å²) in [5.41, 5.74) is 0. The molecule has 0 fully saturated rings. The number of rotatable bonds is 80. The number of hydrogen-bond donors (Lipinski definition) is 3. The van der Waals surface area contributed by atoms with Crippen molar-refractivity contribution >= 4 is 39.5 Å². The maximum Gasteiger partial charge on any atom is 0.472 e. The summed E-state index contributed by atoms with van der Waals surface area (Å²) in [5.74, 6) is -2.10. The molecule has 0 rings (SSSR count). The minimum absolute atomic E-state index is 0.109. The summed E-state index contributed by atoms with van der Waals surface area (Å²) in [4.78, 5) is 73.0. The van der Waals surface area contributed by atoms with Crippen molar-refractivity contribution in [2.24, 2.45) is 0 Å². The normalized spacial score (nSPS) is 13.8. The van der Waals surface area contributed by atoms with Gasteiger partial charge in [0, 0.05) is 25.7 Å². The van der Waals surface area contributed by atoms with Crippen molar-refractivity contribution in [3.05, 3.63) is 0 Å². The molecule has 0 bridgehead atoms. The first kappa shape index (κ1) is 96.1. The van der Waals surface area contributed by atoms with Gasteiger partial charge in [-0.25, -0.2) is 9.13 Å². The van der Waals surface area contributed by atoms with Crippen molar-refractivity contribution in [3.63, 3.8) is 0 Å². The first-order chi connectivity index (χ1) is 47.7. The van der Waals surface area contributed by atoms with Crippen LogP contribution in [0.1, 0.15) is 426 Å². The molecule has 0 aromatic carbocycles. The standard InChI is InChI=1S/C79H154O17P2/c1-5-9-13-17-21-25-29-33-36-37-39-42-46-50-54-58-62-66-79(84)96-75(70-90-77(82)64-60-56-52-48-44-41-38-34-30-26-22-18-14-10-6-2)72-94-98(87,88)92-68-73(80)67-91-97(85,86)93-71-74(69-89-76(81)63-59-55-51-47-43-32-28-24-20-16-12-8-4)95-78(83)65-61-57-53-49-45-40-35-31-27-23-19-15-11-7-3/h73-75,80H,5-72H2,1-4H3,(H,85,86)(H,87,88)/t73-,74+,75+/m0/s1. The average molecular weight is 1440 g/mol. The smallest absolute Gasteiger partial charge is 0.462 e. The minimum atomic E-state index is -4.96. The zero-order valence-corrected chi connectivity index (χ0v) is 65.6. The average Bonchev–Trinajstić information content (AvgIpc) is 1.04. The lowest BCUT2D eigenvalue weighted by Gasteiger charge is -2.21. The third-order valence-corrected chi connectivity index (χ3v) is 20.5. The largest absolute Gasteiger partial charge is 0.472 e. The molecule has 0 heterocycles. The lowest BCUT2D eigenvalue weighted by Crippen LogP contribution is -2.30. The third kappa shape index (κ3) is 72.4. The van der Waals surface area contributed by atoms with Gasteiger partial charge in [-0.1, -0.05) is 374 Å². The van der Waals surface area contributed by atoms with E-state index < -0.39 is 97.5 Å². The van der Waals surface area contributed by atoms with Gasteiger partial charge < -0.3 is 33.8 Å². The van der Waals surface area contributed by atoms with Crippen LogP contribution in [-0.4, -0.2) is 96.7 Å². The molecule has 5 atom stereocenters. The van der Waals surface area contributed by atoms with Crippen LogP contribution in [0.25, 0.3) is 0 Å². The molecule has 0 amide bonds. The van der Waals surface area contributed by atoms with Gasteiger partial charge in [0.2, 0.25) is 0 Å². The van der Waals surface area contributed by atoms with Crippen LogP contribution in [0.5, 0.6) is 0 Å². The maximum atomic E-state index is 13.1. The second-order valence-corrected chi connectivity index (χ2v) is 31.4. The number of ether oxygens (including phenoxy) is 4. The molecule has 0 spiro atoms. The SMILES string of the molecule is CCCCCCCCCCCCCCCCCCCC(=O)O[C@H](COC(=O)CCCCCCCCCCCCCCCCC)COP(=O)(O)OC[C@@H](O)COP(=O)(O)OC[C@@H](COC(=O)CCCCCCCCCCCCCC)OC(=O)CCCCCCCCCCCCCCCC. The number of aliphatic hydroxyl groups is 1. The van der Waals surface area contributed by atoms with E-state index in [2.05, 4.69) is 27.7 Å². The Bertz CT molecular complexity index is 1860. The van der Waals surface area contributed by atoms with E-state index in [0.717, 1.165) is 89.9 Å². The van der Waals surface area contributed by atoms with Crippen molar-refractivity contribution in [1.29, 1.82) is 0 Å². The van der Waals surface area contributed by atoms with E-state index in [4.69, 9.17) is 37.0 Å². The molecule has 0 radical (unpaired) electrons. The number of aliphatic hydroxyl groups excluding tert-OH is 1. The van der Waals surface area contributed by atoms with Crippen molar-refractivity contribution in [2.75, 3.05) is 39.6 Å². The van der Waals surface area contributed by atoms with Gasteiger partial charge in [0.1, 0.15) is 19.3 Å². The zero-order chi connectivity index (χ0) is 71.8. The van der Waals surface area contributed by atoms with E-state index in [-0.39, 0.29) is 25.7 Å². The molecule has 0 saturated heterocycles. The van der Waals surface area contributed by atoms with Crippen molar-refractivity contribution in [2.45, 2.75) is 444 Å². The van der Waals surface area contributed by atoms with Gasteiger partial charge in [-0.05, 0) is 25.7 Å². The Balaban J connectivity index is 5.26. The van der Waals surface area contributed by atoms with E-state index in [0.29, 0.717) is 25.7 Å². The summed E-state index contributed by atoms with van der Waals surface area (Å²) in [7, 11) is -9.91. The Kier molecular flexibility index (Phi) is 71.9. The molecule has 0 aliphatic heterocycles. The van der Waals surface area contributed by atoms with Gasteiger partial charge in [0.25, 0.3) is 0 Å². The summed E-state index contributed by atoms with van der Waals surface area (Å²) in [6.45, 7) is 5.03. The Hall–Kier alpha value is -1.94. The highest BCUT2D eigenvalue weighted by Crippen LogP contribution is 2.45. The molecule has 0 aromatic heterocycles. The molecule has 582 valence electrons. The van der Waals surface area contributed by atoms with Gasteiger partial charge >= 0.3 is 39.5 Å². The first-order valence-corrected chi connectivity index (χ1v) is 44.3. The fourth-order valence-corrected chi connectivity index (χ4v) is 13.9. The number of hydrogen-bond acceptors (Lipinski definition) is 15. The fraction of sp³-hybridized carbons (Fsp3) is 0.949. The molecule has 0 aliphatic rings. The van der Waals surface area contributed by atoms with E-state index in [1.165, 1.54) is 257 Å². The molecular weight excluding hydrogens is 1280 g/mol. The molecule has 98 heavy (non-hydrogen) atoms. The molecule has 3 N–H and O–H groups in total. The van der Waals surface area contributed by atoms with Gasteiger partial charge in [0.05, 0.1) is 26.4 Å². The summed E-state index contributed by atoms with van der Waals surface area (Å²) >= 11 is 0. The predicted molar refractivity (Wildman–Crippen MR) is 400 cm³/mol. The van der Waals surface area contributed by atoms with Crippen LogP contribution in [0.4, 0.5) is 0 Å². The van der Waals surface area contributed by atoms with Gasteiger partial charge in [0.15, 0.2) is 12.2 Å². The Morgan fingerprint density at radius 2 is 0.408 bits per heavy atom. The lowest BCUT2D eigenvalue weighted by atomic mass is 10.0. The fourth-order valence-electron chi connectivity index (χ4n) is 12.3. The molecule has 0 aliphatic carbocycles. The molecule has 0 saturated carbocycles. The van der Waals surface area contributed by atoms with Crippen molar-refractivity contribution in [1.82, 2.24) is 0 Å². The number of phosphoric acid groups is 2. The molecule has 19 heteroatoms. The topological polar surface area (TPSA) is 237 Å². The first-order valence-electron chi connectivity index (χ1n) is 41.3. The quantitative estimate of drug-likeness (QED) is 0.0222. The summed E-state index contributed by atoms with van der Waals surface area (Å²) < 4.78 is 68.7. The van der Waals surface area contributed by atoms with E-state index >= 15 is 0 Å². The van der Waals surface area contributed by atoms with Gasteiger partial charge in [-0.15, -0.1) is 0 Å². The van der Waals surface area contributed by atoms with Crippen LogP contribution in [0, 0.1) is 0 Å². The molecule has 17 nitrogen and oxygen atoms in total. The van der Waals surface area contributed by atoms with Crippen LogP contribution >= 0.6 is 15.6 Å². The van der Waals surface area contributed by atoms with Crippen molar-refractivity contribution < 1.29 is 80.2 Å². The van der Waals surface area contributed by atoms with Crippen LogP contribution in [0.3, 0.4) is 0 Å². The second kappa shape index (κ2) is 73.4. The Morgan fingerprint density at radius 1 is 0.245 bits per heavy atom. The Labute approximate surface area is 600 Å². The van der Waals surface area contributed by atoms with E-state index in [1.807, 2.05) is 0 Å². The highest BCUT2D eigenvalue weighted by Gasteiger charge is 2.30. The highest BCUT2D eigenvalue weighted by atomic mass is 31.2. The second-order valence-electron chi connectivity index (χ2n) is 28.5. The molecule has 0 aromatic rings. The minimum Gasteiger partial charge on any atom is -0.462 e. The van der Waals surface area contributed by atoms with Gasteiger partial charge in [-0.3, -0.25) is 37.3 Å². The number of phosphoric ester groups is 2. The van der Waals surface area contributed by atoms with Crippen LogP contribution in [-0.2, 0) is 65.4 Å². The summed E-state index contributed by atoms with van der Waals surface area (Å²) in [6.07, 6.45) is 65.0. The van der Waals surface area contributed by atoms with E-state index in [9.17, 15) is 43.2 Å². The number of esters is 4. The van der Waals surface area contributed by atoms with Crippen LogP contribution < -0.4 is 0 Å². The van der Waals surface area contributed by atoms with E-state index in [1.54, 1.807) is 0 Å². The number of unbranched alkanes of at least 4 members (excludes halogenated alkanes) is 54. The van der Waals surface area contributed by atoms with Gasteiger partial charge in [-0.2, -0.15) is 0 Å². The Morgan fingerprint density at radius 3 is 0.602 bits per heavy atom.